The van der Waals surface area contributed by atoms with Crippen molar-refractivity contribution in [3.05, 3.63) is 51.0 Å². The third-order valence-electron chi connectivity index (χ3n) is 2.38. The summed E-state index contributed by atoms with van der Waals surface area (Å²) >= 11 is 6.53. The monoisotopic (exact) mass is 404 g/mol. The topological polar surface area (TPSA) is 59.1 Å². The first-order valence-electron chi connectivity index (χ1n) is 5.29. The van der Waals surface area contributed by atoms with Crippen LogP contribution in [0, 0.1) is 6.92 Å². The van der Waals surface area contributed by atoms with E-state index in [1.807, 2.05) is 0 Å². The second kappa shape index (κ2) is 5.60. The number of benzene rings is 1. The number of aromatic nitrogens is 1. The van der Waals surface area contributed by atoms with Gasteiger partial charge in [-0.2, -0.15) is 0 Å². The molecule has 0 saturated heterocycles. The summed E-state index contributed by atoms with van der Waals surface area (Å²) in [4.78, 5) is 4.25. The zero-order valence-corrected chi connectivity index (χ0v) is 13.9. The Kier molecular flexibility index (Phi) is 4.27. The molecule has 0 fully saturated rings. The Labute approximate surface area is 128 Å². The quantitative estimate of drug-likeness (QED) is 0.846. The molecule has 0 aliphatic carbocycles. The summed E-state index contributed by atoms with van der Waals surface area (Å²) in [6, 6.07) is 8.30. The molecule has 100 valence electrons. The van der Waals surface area contributed by atoms with Crippen LogP contribution < -0.4 is 4.72 Å². The largest absolute Gasteiger partial charge is 0.263 e. The summed E-state index contributed by atoms with van der Waals surface area (Å²) in [7, 11) is -3.63. The van der Waals surface area contributed by atoms with Crippen molar-refractivity contribution >= 4 is 47.7 Å². The number of rotatable bonds is 3. The van der Waals surface area contributed by atoms with Crippen molar-refractivity contribution < 1.29 is 8.42 Å². The number of hydrogen-bond donors (Lipinski definition) is 1. The first-order valence-corrected chi connectivity index (χ1v) is 8.36. The van der Waals surface area contributed by atoms with Gasteiger partial charge in [0.2, 0.25) is 0 Å². The van der Waals surface area contributed by atoms with Crippen LogP contribution >= 0.6 is 31.9 Å². The van der Waals surface area contributed by atoms with Gasteiger partial charge in [0, 0.05) is 15.1 Å². The lowest BCUT2D eigenvalue weighted by atomic mass is 10.3. The molecule has 1 aromatic carbocycles. The van der Waals surface area contributed by atoms with Crippen molar-refractivity contribution in [3.8, 4) is 0 Å². The van der Waals surface area contributed by atoms with Crippen LogP contribution in [0.5, 0.6) is 0 Å². The van der Waals surface area contributed by atoms with E-state index >= 15 is 0 Å². The van der Waals surface area contributed by atoms with Gasteiger partial charge in [-0.05, 0) is 52.7 Å². The van der Waals surface area contributed by atoms with Crippen LogP contribution in [0.2, 0.25) is 0 Å². The molecular formula is C12H10Br2N2O2S. The van der Waals surface area contributed by atoms with Crippen LogP contribution in [-0.4, -0.2) is 13.4 Å². The summed E-state index contributed by atoms with van der Waals surface area (Å²) in [5.74, 6) is 0.322. The Bertz CT molecular complexity index is 717. The number of aryl methyl sites for hydroxylation is 1. The Hall–Kier alpha value is -0.920. The molecule has 7 heteroatoms. The molecule has 0 aliphatic heterocycles. The first-order chi connectivity index (χ1) is 8.88. The van der Waals surface area contributed by atoms with E-state index in [-0.39, 0.29) is 4.90 Å². The van der Waals surface area contributed by atoms with Gasteiger partial charge in [0.05, 0.1) is 4.90 Å². The van der Waals surface area contributed by atoms with E-state index in [2.05, 4.69) is 41.6 Å². The number of halogens is 2. The molecule has 0 radical (unpaired) electrons. The summed E-state index contributed by atoms with van der Waals surface area (Å²) in [6.07, 6.45) is 1.55. The number of sulfonamides is 1. The minimum atomic E-state index is -3.63. The minimum absolute atomic E-state index is 0.186. The maximum atomic E-state index is 12.2. The zero-order valence-electron chi connectivity index (χ0n) is 9.89. The van der Waals surface area contributed by atoms with E-state index in [1.165, 1.54) is 12.1 Å². The second-order valence-electron chi connectivity index (χ2n) is 3.88. The number of hydrogen-bond acceptors (Lipinski definition) is 3. The number of nitrogens with zero attached hydrogens (tertiary/aromatic N) is 1. The van der Waals surface area contributed by atoms with Gasteiger partial charge < -0.3 is 0 Å². The van der Waals surface area contributed by atoms with Gasteiger partial charge >= 0.3 is 0 Å². The van der Waals surface area contributed by atoms with Gasteiger partial charge in [-0.25, -0.2) is 13.4 Å². The third kappa shape index (κ3) is 3.55. The van der Waals surface area contributed by atoms with E-state index in [0.29, 0.717) is 10.3 Å². The molecule has 0 saturated carbocycles. The summed E-state index contributed by atoms with van der Waals surface area (Å²) in [6.45, 7) is 1.79. The molecule has 4 nitrogen and oxygen atoms in total. The van der Waals surface area contributed by atoms with Crippen LogP contribution in [0.25, 0.3) is 0 Å². The average Bonchev–Trinajstić information content (AvgIpc) is 2.33. The van der Waals surface area contributed by atoms with Gasteiger partial charge in [-0.1, -0.05) is 22.0 Å². The maximum absolute atomic E-state index is 12.2. The van der Waals surface area contributed by atoms with Crippen molar-refractivity contribution in [2.45, 2.75) is 11.8 Å². The molecule has 0 bridgehead atoms. The zero-order chi connectivity index (χ0) is 14.0. The highest BCUT2D eigenvalue weighted by Crippen LogP contribution is 2.22. The van der Waals surface area contributed by atoms with Crippen molar-refractivity contribution in [2.24, 2.45) is 0 Å². The number of anilines is 1. The fourth-order valence-corrected chi connectivity index (χ4v) is 3.59. The normalized spacial score (nSPS) is 11.3. The predicted molar refractivity (Wildman–Crippen MR) is 81.6 cm³/mol. The van der Waals surface area contributed by atoms with Crippen LogP contribution in [0.1, 0.15) is 5.56 Å². The standard InChI is InChI=1S/C12H10Br2N2O2S/c1-8-5-10(14)7-15-12(8)16-19(17,18)11-4-2-3-9(13)6-11/h2-7H,1H3,(H,15,16). The third-order valence-corrected chi connectivity index (χ3v) is 4.65. The molecular weight excluding hydrogens is 396 g/mol. The molecule has 19 heavy (non-hydrogen) atoms. The van der Waals surface area contributed by atoms with E-state index in [0.717, 1.165) is 10.0 Å². The van der Waals surface area contributed by atoms with E-state index in [9.17, 15) is 8.42 Å². The predicted octanol–water partition coefficient (Wildman–Crippen LogP) is 3.72. The molecule has 2 rings (SSSR count). The highest BCUT2D eigenvalue weighted by molar-refractivity contribution is 9.10. The van der Waals surface area contributed by atoms with E-state index in [1.54, 1.807) is 31.3 Å². The van der Waals surface area contributed by atoms with Crippen molar-refractivity contribution in [1.82, 2.24) is 4.98 Å². The molecule has 0 atom stereocenters. The molecule has 1 aromatic heterocycles. The average molecular weight is 406 g/mol. The number of nitrogens with one attached hydrogen (secondary N) is 1. The van der Waals surface area contributed by atoms with Gasteiger partial charge in [-0.3, -0.25) is 4.72 Å². The van der Waals surface area contributed by atoms with Crippen LogP contribution in [0.15, 0.2) is 50.4 Å². The fourth-order valence-electron chi connectivity index (χ4n) is 1.47. The lowest BCUT2D eigenvalue weighted by Gasteiger charge is -2.10. The SMILES string of the molecule is Cc1cc(Br)cnc1NS(=O)(=O)c1cccc(Br)c1. The summed E-state index contributed by atoms with van der Waals surface area (Å²) in [5, 5.41) is 0. The highest BCUT2D eigenvalue weighted by Gasteiger charge is 2.16. The van der Waals surface area contributed by atoms with Gasteiger partial charge in [-0.15, -0.1) is 0 Å². The first kappa shape index (κ1) is 14.5. The Morgan fingerprint density at radius 3 is 2.53 bits per heavy atom. The molecule has 1 heterocycles. The van der Waals surface area contributed by atoms with Crippen LogP contribution in [-0.2, 0) is 10.0 Å². The second-order valence-corrected chi connectivity index (χ2v) is 7.40. The summed E-state index contributed by atoms with van der Waals surface area (Å²) < 4.78 is 28.4. The Balaban J connectivity index is 2.36. The van der Waals surface area contributed by atoms with Crippen molar-refractivity contribution in [2.75, 3.05) is 4.72 Å². The molecule has 0 spiro atoms. The van der Waals surface area contributed by atoms with E-state index in [4.69, 9.17) is 0 Å². The van der Waals surface area contributed by atoms with Crippen LogP contribution in [0.3, 0.4) is 0 Å². The minimum Gasteiger partial charge on any atom is -0.263 e. The maximum Gasteiger partial charge on any atom is 0.263 e. The lowest BCUT2D eigenvalue weighted by molar-refractivity contribution is 0.601. The van der Waals surface area contributed by atoms with Crippen LogP contribution in [0.4, 0.5) is 5.82 Å². The Morgan fingerprint density at radius 1 is 1.16 bits per heavy atom. The molecule has 0 unspecified atom stereocenters. The number of pyridine rings is 1. The molecule has 1 N–H and O–H groups in total. The van der Waals surface area contributed by atoms with Gasteiger partial charge in [0.25, 0.3) is 10.0 Å². The molecule has 2 aromatic rings. The van der Waals surface area contributed by atoms with Gasteiger partial charge in [0.15, 0.2) is 0 Å². The fraction of sp³-hybridized carbons (Fsp3) is 0.0833. The molecule has 0 aliphatic rings. The van der Waals surface area contributed by atoms with E-state index < -0.39 is 10.0 Å². The lowest BCUT2D eigenvalue weighted by Crippen LogP contribution is -2.14. The summed E-state index contributed by atoms with van der Waals surface area (Å²) in [5.41, 5.74) is 0.743. The molecule has 0 amide bonds. The van der Waals surface area contributed by atoms with Crippen molar-refractivity contribution in [3.63, 3.8) is 0 Å². The van der Waals surface area contributed by atoms with Gasteiger partial charge in [0.1, 0.15) is 5.82 Å². The highest BCUT2D eigenvalue weighted by atomic mass is 79.9. The smallest absolute Gasteiger partial charge is 0.263 e. The van der Waals surface area contributed by atoms with Crippen molar-refractivity contribution in [1.29, 1.82) is 0 Å². The Morgan fingerprint density at radius 2 is 1.89 bits per heavy atom.